The first-order chi connectivity index (χ1) is 19.3. The van der Waals surface area contributed by atoms with Crippen LogP contribution in [0.4, 0.5) is 0 Å². The molecule has 0 aliphatic heterocycles. The maximum atomic E-state index is 2.56. The molecular weight excluding hydrogens is 468 g/mol. The standard InChI is InChI=1S/C39H32/c1-2-6-32-25(5-1)9-12-29-20-28-11-10-26(21-34(28)38(29)32)27-13-14-37-35(22-27)33-7-3-4-8-36(33)39(37)30-16-23-15-24(18-30)19-31(39)17-23/h1-14,21-24,30-31H,15-20H2. The Kier molecular flexibility index (Phi) is 3.97. The zero-order chi connectivity index (χ0) is 25.3. The SMILES string of the molecule is c1ccc2c(c1)-c1cc(-c3ccc4c(c3)-c3c(ccc5ccccc35)C4)ccc1C21C2CC3CC(C2)CC1C3. The van der Waals surface area contributed by atoms with Crippen LogP contribution in [0.15, 0.2) is 97.1 Å². The third-order valence-corrected chi connectivity index (χ3v) is 11.7. The fourth-order valence-corrected chi connectivity index (χ4v) is 10.5. The second-order valence-electron chi connectivity index (χ2n) is 13.3. The quantitative estimate of drug-likeness (QED) is 0.211. The van der Waals surface area contributed by atoms with Crippen molar-refractivity contribution >= 4 is 10.8 Å². The summed E-state index contributed by atoms with van der Waals surface area (Å²) in [6, 6.07) is 37.8. The highest BCUT2D eigenvalue weighted by Gasteiger charge is 2.61. The van der Waals surface area contributed by atoms with Crippen molar-refractivity contribution in [1.82, 2.24) is 0 Å². The Morgan fingerprint density at radius 3 is 2.03 bits per heavy atom. The van der Waals surface area contributed by atoms with Gasteiger partial charge in [0, 0.05) is 5.41 Å². The molecule has 0 atom stereocenters. The molecule has 0 nitrogen and oxygen atoms in total. The van der Waals surface area contributed by atoms with Gasteiger partial charge in [-0.3, -0.25) is 0 Å². The van der Waals surface area contributed by atoms with Crippen LogP contribution in [-0.4, -0.2) is 0 Å². The van der Waals surface area contributed by atoms with E-state index in [1.165, 1.54) is 87.4 Å². The van der Waals surface area contributed by atoms with E-state index >= 15 is 0 Å². The Balaban J connectivity index is 1.15. The van der Waals surface area contributed by atoms with E-state index < -0.39 is 0 Å². The van der Waals surface area contributed by atoms with Crippen molar-refractivity contribution in [2.75, 3.05) is 0 Å². The number of benzene rings is 5. The zero-order valence-corrected chi connectivity index (χ0v) is 22.3. The lowest BCUT2D eigenvalue weighted by molar-refractivity contribution is -0.0399. The predicted octanol–water partition coefficient (Wildman–Crippen LogP) is 9.80. The highest BCUT2D eigenvalue weighted by atomic mass is 14.6. The van der Waals surface area contributed by atoms with E-state index in [0.29, 0.717) is 0 Å². The lowest BCUT2D eigenvalue weighted by Gasteiger charge is -2.61. The van der Waals surface area contributed by atoms with E-state index in [4.69, 9.17) is 0 Å². The molecule has 11 rings (SSSR count). The second-order valence-corrected chi connectivity index (χ2v) is 13.3. The van der Waals surface area contributed by atoms with E-state index in [-0.39, 0.29) is 5.41 Å². The van der Waals surface area contributed by atoms with Crippen LogP contribution in [0.1, 0.15) is 54.4 Å². The average Bonchev–Trinajstić information content (AvgIpc) is 3.49. The summed E-state index contributed by atoms with van der Waals surface area (Å²) in [5.74, 6) is 3.62. The summed E-state index contributed by atoms with van der Waals surface area (Å²) in [6.07, 6.45) is 8.33. The first kappa shape index (κ1) is 21.2. The van der Waals surface area contributed by atoms with E-state index in [1.807, 2.05) is 0 Å². The first-order valence-electron chi connectivity index (χ1n) is 15.2. The molecule has 4 bridgehead atoms. The molecular formula is C39H32. The Hall–Kier alpha value is -3.64. The monoisotopic (exact) mass is 500 g/mol. The molecule has 188 valence electrons. The molecule has 0 heterocycles. The minimum absolute atomic E-state index is 0.258. The van der Waals surface area contributed by atoms with E-state index in [1.54, 1.807) is 11.1 Å². The number of fused-ring (bicyclic) bond motifs is 8. The summed E-state index contributed by atoms with van der Waals surface area (Å²) in [5, 5.41) is 2.72. The molecule has 6 aliphatic rings. The zero-order valence-electron chi connectivity index (χ0n) is 22.3. The van der Waals surface area contributed by atoms with Gasteiger partial charge in [-0.25, -0.2) is 0 Å². The minimum Gasteiger partial charge on any atom is -0.0619 e. The maximum absolute atomic E-state index is 2.56. The Bertz CT molecular complexity index is 1820. The summed E-state index contributed by atoms with van der Waals surface area (Å²) in [6.45, 7) is 0. The van der Waals surface area contributed by atoms with Gasteiger partial charge in [-0.05, 0) is 141 Å². The van der Waals surface area contributed by atoms with Crippen molar-refractivity contribution in [1.29, 1.82) is 0 Å². The molecule has 39 heavy (non-hydrogen) atoms. The van der Waals surface area contributed by atoms with Gasteiger partial charge in [-0.2, -0.15) is 0 Å². The van der Waals surface area contributed by atoms with Crippen molar-refractivity contribution in [2.24, 2.45) is 23.7 Å². The maximum Gasteiger partial charge on any atom is 0.0271 e. The number of hydrogen-bond acceptors (Lipinski definition) is 0. The molecule has 0 unspecified atom stereocenters. The molecule has 0 radical (unpaired) electrons. The van der Waals surface area contributed by atoms with Gasteiger partial charge >= 0.3 is 0 Å². The summed E-state index contributed by atoms with van der Waals surface area (Å²) in [5.41, 5.74) is 15.1. The van der Waals surface area contributed by atoms with Gasteiger partial charge in [-0.1, -0.05) is 84.9 Å². The van der Waals surface area contributed by atoms with Crippen LogP contribution < -0.4 is 0 Å². The normalized spacial score (nSPS) is 28.5. The van der Waals surface area contributed by atoms with Crippen LogP contribution in [-0.2, 0) is 11.8 Å². The lowest BCUT2D eigenvalue weighted by atomic mass is 9.43. The highest BCUT2D eigenvalue weighted by molar-refractivity contribution is 6.02. The Morgan fingerprint density at radius 2 is 1.18 bits per heavy atom. The lowest BCUT2D eigenvalue weighted by Crippen LogP contribution is -2.55. The summed E-state index contributed by atoms with van der Waals surface area (Å²) >= 11 is 0. The van der Waals surface area contributed by atoms with Gasteiger partial charge in [0.1, 0.15) is 0 Å². The van der Waals surface area contributed by atoms with Crippen LogP contribution in [0.5, 0.6) is 0 Å². The fourth-order valence-electron chi connectivity index (χ4n) is 10.5. The van der Waals surface area contributed by atoms with Crippen molar-refractivity contribution in [3.05, 3.63) is 119 Å². The number of hydrogen-bond donors (Lipinski definition) is 0. The molecule has 5 aromatic rings. The largest absolute Gasteiger partial charge is 0.0619 e. The minimum atomic E-state index is 0.258. The van der Waals surface area contributed by atoms with Crippen molar-refractivity contribution in [3.63, 3.8) is 0 Å². The number of rotatable bonds is 1. The van der Waals surface area contributed by atoms with Crippen LogP contribution in [0.2, 0.25) is 0 Å². The van der Waals surface area contributed by atoms with Crippen molar-refractivity contribution in [2.45, 2.75) is 43.9 Å². The van der Waals surface area contributed by atoms with E-state index in [9.17, 15) is 0 Å². The summed E-state index contributed by atoms with van der Waals surface area (Å²) < 4.78 is 0. The molecule has 4 saturated carbocycles. The Labute approximate surface area is 230 Å². The summed E-state index contributed by atoms with van der Waals surface area (Å²) in [7, 11) is 0. The highest BCUT2D eigenvalue weighted by Crippen LogP contribution is 2.69. The molecule has 6 aliphatic carbocycles. The molecule has 0 aromatic heterocycles. The van der Waals surface area contributed by atoms with Gasteiger partial charge < -0.3 is 0 Å². The third kappa shape index (κ3) is 2.61. The van der Waals surface area contributed by atoms with Crippen LogP contribution >= 0.6 is 0 Å². The van der Waals surface area contributed by atoms with Gasteiger partial charge in [-0.15, -0.1) is 0 Å². The van der Waals surface area contributed by atoms with Gasteiger partial charge in [0.05, 0.1) is 0 Å². The van der Waals surface area contributed by atoms with Gasteiger partial charge in [0.15, 0.2) is 0 Å². The summed E-state index contributed by atoms with van der Waals surface area (Å²) in [4.78, 5) is 0. The molecule has 4 fully saturated rings. The van der Waals surface area contributed by atoms with E-state index in [2.05, 4.69) is 97.1 Å². The smallest absolute Gasteiger partial charge is 0.0271 e. The second kappa shape index (κ2) is 7.30. The topological polar surface area (TPSA) is 0 Å². The first-order valence-corrected chi connectivity index (χ1v) is 15.2. The molecule has 5 aromatic carbocycles. The van der Waals surface area contributed by atoms with E-state index in [0.717, 1.165) is 30.1 Å². The fraction of sp³-hybridized carbons (Fsp3) is 0.282. The molecule has 0 heteroatoms. The van der Waals surface area contributed by atoms with Crippen LogP contribution in [0, 0.1) is 23.7 Å². The van der Waals surface area contributed by atoms with Crippen LogP contribution in [0.25, 0.3) is 44.2 Å². The van der Waals surface area contributed by atoms with Gasteiger partial charge in [0.2, 0.25) is 0 Å². The molecule has 0 amide bonds. The van der Waals surface area contributed by atoms with Crippen molar-refractivity contribution in [3.8, 4) is 33.4 Å². The third-order valence-electron chi connectivity index (χ3n) is 11.7. The van der Waals surface area contributed by atoms with Crippen LogP contribution in [0.3, 0.4) is 0 Å². The Morgan fingerprint density at radius 1 is 0.513 bits per heavy atom. The molecule has 0 N–H and O–H groups in total. The van der Waals surface area contributed by atoms with Crippen molar-refractivity contribution < 1.29 is 0 Å². The van der Waals surface area contributed by atoms with Gasteiger partial charge in [0.25, 0.3) is 0 Å². The predicted molar refractivity (Wildman–Crippen MR) is 161 cm³/mol. The molecule has 0 saturated heterocycles. The molecule has 1 spiro atoms. The average molecular weight is 501 g/mol.